The molecule has 6 heteroatoms. The summed E-state index contributed by atoms with van der Waals surface area (Å²) in [5, 5.41) is 9.34. The number of H-pyrrole nitrogens is 1. The number of aliphatic hydroxyl groups is 1. The van der Waals surface area contributed by atoms with Crippen LogP contribution in [0.3, 0.4) is 0 Å². The molecule has 0 saturated carbocycles. The second-order valence-corrected chi connectivity index (χ2v) is 4.49. The molecule has 6 nitrogen and oxygen atoms in total. The van der Waals surface area contributed by atoms with E-state index in [1.54, 1.807) is 19.1 Å². The van der Waals surface area contributed by atoms with Crippen molar-refractivity contribution in [3.63, 3.8) is 0 Å². The van der Waals surface area contributed by atoms with Crippen molar-refractivity contribution < 1.29 is 9.90 Å². The van der Waals surface area contributed by atoms with Crippen LogP contribution in [0.1, 0.15) is 23.0 Å². The Labute approximate surface area is 116 Å². The van der Waals surface area contributed by atoms with Gasteiger partial charge in [-0.05, 0) is 26.0 Å². The number of carbonyl (C=O) groups is 1. The topological polar surface area (TPSA) is 86.3 Å². The van der Waals surface area contributed by atoms with Crippen molar-refractivity contribution in [2.24, 2.45) is 0 Å². The zero-order valence-corrected chi connectivity index (χ0v) is 11.5. The van der Waals surface area contributed by atoms with Crippen LogP contribution in [0.4, 0.5) is 0 Å². The third-order valence-electron chi connectivity index (χ3n) is 3.15. The van der Waals surface area contributed by atoms with E-state index in [0.717, 1.165) is 5.69 Å². The number of aromatic amines is 1. The molecule has 2 aromatic rings. The number of rotatable bonds is 4. The Bertz CT molecular complexity index is 694. The highest BCUT2D eigenvalue weighted by Gasteiger charge is 2.18. The highest BCUT2D eigenvalue weighted by Crippen LogP contribution is 2.08. The molecule has 106 valence electrons. The van der Waals surface area contributed by atoms with Crippen molar-refractivity contribution in [3.05, 3.63) is 39.8 Å². The van der Waals surface area contributed by atoms with E-state index < -0.39 is 0 Å². The Morgan fingerprint density at radius 1 is 1.45 bits per heavy atom. The van der Waals surface area contributed by atoms with Crippen LogP contribution in [-0.2, 0) is 0 Å². The highest BCUT2D eigenvalue weighted by atomic mass is 16.3. The predicted octanol–water partition coefficient (Wildman–Crippen LogP) is 0.686. The number of likely N-dealkylation sites (N-methyl/N-ethyl adjacent to an activating group) is 1. The number of hydrogen-bond acceptors (Lipinski definition) is 4. The van der Waals surface area contributed by atoms with Crippen molar-refractivity contribution in [1.29, 1.82) is 0 Å². The number of amides is 1. The Morgan fingerprint density at radius 3 is 2.85 bits per heavy atom. The molecular formula is C14H17N3O3. The van der Waals surface area contributed by atoms with Crippen LogP contribution in [0.25, 0.3) is 11.0 Å². The van der Waals surface area contributed by atoms with E-state index in [9.17, 15) is 9.59 Å². The lowest BCUT2D eigenvalue weighted by Gasteiger charge is -2.19. The molecule has 0 spiro atoms. The van der Waals surface area contributed by atoms with E-state index in [2.05, 4.69) is 9.97 Å². The highest BCUT2D eigenvalue weighted by molar-refractivity contribution is 5.96. The molecule has 0 fully saturated rings. The molecule has 0 aromatic carbocycles. The number of aliphatic hydroxyl groups excluding tert-OH is 1. The van der Waals surface area contributed by atoms with E-state index in [1.807, 2.05) is 6.92 Å². The molecule has 0 aliphatic carbocycles. The Kier molecular flexibility index (Phi) is 4.14. The number of fused-ring (bicyclic) bond motifs is 1. The fourth-order valence-electron chi connectivity index (χ4n) is 2.05. The van der Waals surface area contributed by atoms with Crippen molar-refractivity contribution >= 4 is 16.9 Å². The normalized spacial score (nSPS) is 10.8. The molecule has 0 bridgehead atoms. The number of hydrogen-bond donors (Lipinski definition) is 2. The molecule has 0 aliphatic rings. The maximum atomic E-state index is 12.3. The molecule has 2 N–H and O–H groups in total. The van der Waals surface area contributed by atoms with Gasteiger partial charge in [0, 0.05) is 25.0 Å². The number of aromatic nitrogens is 2. The van der Waals surface area contributed by atoms with Gasteiger partial charge >= 0.3 is 0 Å². The van der Waals surface area contributed by atoms with Crippen LogP contribution >= 0.6 is 0 Å². The van der Waals surface area contributed by atoms with Crippen LogP contribution in [0.15, 0.2) is 23.1 Å². The van der Waals surface area contributed by atoms with Gasteiger partial charge in [-0.2, -0.15) is 0 Å². The molecule has 0 radical (unpaired) electrons. The molecule has 1 amide bonds. The summed E-state index contributed by atoms with van der Waals surface area (Å²) in [7, 11) is 0. The van der Waals surface area contributed by atoms with E-state index in [-0.39, 0.29) is 30.1 Å². The molecule has 2 aromatic heterocycles. The molecular weight excluding hydrogens is 258 g/mol. The van der Waals surface area contributed by atoms with Gasteiger partial charge in [0.1, 0.15) is 11.2 Å². The zero-order chi connectivity index (χ0) is 14.7. The molecule has 0 unspecified atom stereocenters. The Hall–Kier alpha value is -2.21. The van der Waals surface area contributed by atoms with Gasteiger partial charge in [0.05, 0.1) is 12.0 Å². The monoisotopic (exact) mass is 275 g/mol. The molecule has 20 heavy (non-hydrogen) atoms. The molecule has 2 rings (SSSR count). The second kappa shape index (κ2) is 5.83. The fourth-order valence-corrected chi connectivity index (χ4v) is 2.05. The summed E-state index contributed by atoms with van der Waals surface area (Å²) >= 11 is 0. The second-order valence-electron chi connectivity index (χ2n) is 4.49. The average molecular weight is 275 g/mol. The van der Waals surface area contributed by atoms with Crippen molar-refractivity contribution in [3.8, 4) is 0 Å². The predicted molar refractivity (Wildman–Crippen MR) is 75.8 cm³/mol. The number of nitrogens with zero attached hydrogens (tertiary/aromatic N) is 2. The summed E-state index contributed by atoms with van der Waals surface area (Å²) < 4.78 is 0. The first-order valence-corrected chi connectivity index (χ1v) is 6.47. The maximum absolute atomic E-state index is 12.3. The van der Waals surface area contributed by atoms with Gasteiger partial charge in [-0.15, -0.1) is 0 Å². The minimum atomic E-state index is -0.384. The smallest absolute Gasteiger partial charge is 0.259 e. The standard InChI is InChI=1S/C14H17N3O3/c1-3-17(6-7-18)14(20)11-8-15-13-10(12(11)19)5-4-9(2)16-13/h4-5,8,18H,3,6-7H2,1-2H3,(H,15,16,19). The van der Waals surface area contributed by atoms with Crippen molar-refractivity contribution in [2.75, 3.05) is 19.7 Å². The average Bonchev–Trinajstić information content (AvgIpc) is 2.44. The van der Waals surface area contributed by atoms with Gasteiger partial charge in [-0.1, -0.05) is 0 Å². The number of pyridine rings is 2. The summed E-state index contributed by atoms with van der Waals surface area (Å²) in [6, 6.07) is 3.40. The first-order valence-electron chi connectivity index (χ1n) is 6.47. The Morgan fingerprint density at radius 2 is 2.20 bits per heavy atom. The van der Waals surface area contributed by atoms with Crippen LogP contribution < -0.4 is 5.43 Å². The third-order valence-corrected chi connectivity index (χ3v) is 3.15. The lowest BCUT2D eigenvalue weighted by atomic mass is 10.1. The molecule has 0 atom stereocenters. The third kappa shape index (κ3) is 2.55. The summed E-state index contributed by atoms with van der Waals surface area (Å²) in [6.07, 6.45) is 1.39. The van der Waals surface area contributed by atoms with E-state index in [4.69, 9.17) is 5.11 Å². The minimum absolute atomic E-state index is 0.0680. The fraction of sp³-hybridized carbons (Fsp3) is 0.357. The van der Waals surface area contributed by atoms with Gasteiger partial charge in [0.15, 0.2) is 0 Å². The van der Waals surface area contributed by atoms with Crippen LogP contribution in [0, 0.1) is 6.92 Å². The SMILES string of the molecule is CCN(CCO)C(=O)c1c[nH]c2nc(C)ccc2c1=O. The summed E-state index contributed by atoms with van der Waals surface area (Å²) in [5.41, 5.74) is 0.991. The van der Waals surface area contributed by atoms with Crippen LogP contribution in [-0.4, -0.2) is 45.6 Å². The van der Waals surface area contributed by atoms with Gasteiger partial charge in [-0.25, -0.2) is 4.98 Å². The quantitative estimate of drug-likeness (QED) is 0.859. The first kappa shape index (κ1) is 14.2. The first-order chi connectivity index (χ1) is 9.58. The van der Waals surface area contributed by atoms with Gasteiger partial charge < -0.3 is 15.0 Å². The minimum Gasteiger partial charge on any atom is -0.395 e. The van der Waals surface area contributed by atoms with Gasteiger partial charge in [0.2, 0.25) is 5.43 Å². The lowest BCUT2D eigenvalue weighted by Crippen LogP contribution is -2.36. The largest absolute Gasteiger partial charge is 0.395 e. The lowest BCUT2D eigenvalue weighted by molar-refractivity contribution is 0.0730. The summed E-state index contributed by atoms with van der Waals surface area (Å²) in [4.78, 5) is 33.1. The molecule has 2 heterocycles. The van der Waals surface area contributed by atoms with Gasteiger partial charge in [0.25, 0.3) is 5.91 Å². The zero-order valence-electron chi connectivity index (χ0n) is 11.5. The Balaban J connectivity index is 2.50. The van der Waals surface area contributed by atoms with E-state index in [1.165, 1.54) is 11.1 Å². The van der Waals surface area contributed by atoms with Crippen molar-refractivity contribution in [2.45, 2.75) is 13.8 Å². The van der Waals surface area contributed by atoms with Crippen LogP contribution in [0.5, 0.6) is 0 Å². The van der Waals surface area contributed by atoms with E-state index >= 15 is 0 Å². The number of aryl methyl sites for hydroxylation is 1. The number of carbonyl (C=O) groups excluding carboxylic acids is 1. The van der Waals surface area contributed by atoms with Gasteiger partial charge in [-0.3, -0.25) is 9.59 Å². The maximum Gasteiger partial charge on any atom is 0.259 e. The summed E-state index contributed by atoms with van der Waals surface area (Å²) in [6.45, 7) is 4.14. The van der Waals surface area contributed by atoms with Crippen molar-refractivity contribution in [1.82, 2.24) is 14.9 Å². The van der Waals surface area contributed by atoms with Crippen LogP contribution in [0.2, 0.25) is 0 Å². The van der Waals surface area contributed by atoms with E-state index in [0.29, 0.717) is 17.6 Å². The molecule has 0 saturated heterocycles. The summed E-state index contributed by atoms with van der Waals surface area (Å²) in [5.74, 6) is -0.384. The number of nitrogens with one attached hydrogen (secondary N) is 1. The molecule has 0 aliphatic heterocycles.